The summed E-state index contributed by atoms with van der Waals surface area (Å²) < 4.78 is 11.2. The highest BCUT2D eigenvalue weighted by Gasteiger charge is 2.18. The molecule has 3 nitrogen and oxygen atoms in total. The summed E-state index contributed by atoms with van der Waals surface area (Å²) >= 11 is 0. The summed E-state index contributed by atoms with van der Waals surface area (Å²) in [5.41, 5.74) is 11.3. The first-order valence-electron chi connectivity index (χ1n) is 15.4. The van der Waals surface area contributed by atoms with Crippen LogP contribution in [0.3, 0.4) is 0 Å². The minimum absolute atomic E-state index is 0.922. The van der Waals surface area contributed by atoms with Crippen LogP contribution in [-0.4, -0.2) is 9.13 Å². The maximum Gasteiger partial charge on any atom is 0.145 e. The average molecular weight is 575 g/mol. The highest BCUT2D eigenvalue weighted by Crippen LogP contribution is 2.40. The maximum atomic E-state index is 6.47. The lowest BCUT2D eigenvalue weighted by atomic mass is 10.0. The third kappa shape index (κ3) is 3.46. The monoisotopic (exact) mass is 574 g/mol. The molecule has 0 amide bonds. The zero-order valence-corrected chi connectivity index (χ0v) is 24.3. The van der Waals surface area contributed by atoms with Crippen molar-refractivity contribution in [2.24, 2.45) is 0 Å². The molecule has 3 heterocycles. The molecule has 0 unspecified atom stereocenters. The minimum Gasteiger partial charge on any atom is -0.455 e. The van der Waals surface area contributed by atoms with Gasteiger partial charge in [-0.25, -0.2) is 0 Å². The van der Waals surface area contributed by atoms with E-state index in [0.717, 1.165) is 44.2 Å². The van der Waals surface area contributed by atoms with Gasteiger partial charge in [-0.3, -0.25) is 0 Å². The van der Waals surface area contributed by atoms with Crippen molar-refractivity contribution in [3.05, 3.63) is 158 Å². The summed E-state index contributed by atoms with van der Waals surface area (Å²) in [6.07, 6.45) is 0. The number of hydrogen-bond donors (Lipinski definition) is 0. The lowest BCUT2D eigenvalue weighted by molar-refractivity contribution is 0.673. The first-order valence-corrected chi connectivity index (χ1v) is 15.4. The number of para-hydroxylation sites is 4. The van der Waals surface area contributed by atoms with E-state index in [9.17, 15) is 0 Å². The second-order valence-electron chi connectivity index (χ2n) is 11.8. The van der Waals surface area contributed by atoms with Crippen molar-refractivity contribution in [3.8, 4) is 22.5 Å². The summed E-state index contributed by atoms with van der Waals surface area (Å²) in [5, 5.41) is 7.21. The van der Waals surface area contributed by atoms with Gasteiger partial charge in [0, 0.05) is 38.3 Å². The summed E-state index contributed by atoms with van der Waals surface area (Å²) in [6.45, 7) is 0. The number of aromatic nitrogens is 2. The number of rotatable bonds is 3. The third-order valence-electron chi connectivity index (χ3n) is 9.34. The Morgan fingerprint density at radius 3 is 1.40 bits per heavy atom. The molecule has 0 spiro atoms. The van der Waals surface area contributed by atoms with Crippen LogP contribution in [0.4, 0.5) is 0 Å². The average Bonchev–Trinajstić information content (AvgIpc) is 3.76. The molecule has 0 bridgehead atoms. The van der Waals surface area contributed by atoms with Crippen LogP contribution in [0.2, 0.25) is 0 Å². The van der Waals surface area contributed by atoms with Crippen LogP contribution in [0, 0.1) is 0 Å². The van der Waals surface area contributed by atoms with Crippen LogP contribution in [0.5, 0.6) is 0 Å². The molecule has 0 saturated carbocycles. The van der Waals surface area contributed by atoms with E-state index in [4.69, 9.17) is 4.42 Å². The van der Waals surface area contributed by atoms with Gasteiger partial charge in [-0.1, -0.05) is 97.1 Å². The van der Waals surface area contributed by atoms with Gasteiger partial charge in [-0.15, -0.1) is 0 Å². The molecular formula is C42H26N2O. The first-order chi connectivity index (χ1) is 22.3. The van der Waals surface area contributed by atoms with Gasteiger partial charge in [0.2, 0.25) is 0 Å². The molecule has 10 aromatic rings. The zero-order chi connectivity index (χ0) is 29.5. The van der Waals surface area contributed by atoms with Gasteiger partial charge in [0.25, 0.3) is 0 Å². The summed E-state index contributed by atoms with van der Waals surface area (Å²) in [7, 11) is 0. The normalized spacial score (nSPS) is 12.0. The highest BCUT2D eigenvalue weighted by molar-refractivity contribution is 6.23. The molecule has 45 heavy (non-hydrogen) atoms. The standard InChI is InChI=1S/C42H26N2O/c1-5-13-36-31(9-1)32-10-2-6-14-37(32)43(36)29-21-17-27(18-22-29)28-19-23-30(24-20-28)44-38-15-7-3-12-35(38)41-39(44)26-25-34-33-11-4-8-16-40(33)45-42(34)41/h1-26H. The Kier molecular flexibility index (Phi) is 5.00. The molecule has 7 aromatic carbocycles. The van der Waals surface area contributed by atoms with E-state index in [1.165, 1.54) is 43.8 Å². The van der Waals surface area contributed by atoms with Gasteiger partial charge in [0.15, 0.2) is 0 Å². The van der Waals surface area contributed by atoms with Crippen LogP contribution in [0.15, 0.2) is 162 Å². The van der Waals surface area contributed by atoms with Crippen LogP contribution < -0.4 is 0 Å². The molecule has 0 aliphatic rings. The zero-order valence-electron chi connectivity index (χ0n) is 24.3. The van der Waals surface area contributed by atoms with Gasteiger partial charge in [0.1, 0.15) is 11.2 Å². The van der Waals surface area contributed by atoms with Crippen molar-refractivity contribution in [2.75, 3.05) is 0 Å². The number of benzene rings is 7. The second-order valence-corrected chi connectivity index (χ2v) is 11.8. The van der Waals surface area contributed by atoms with E-state index >= 15 is 0 Å². The second kappa shape index (κ2) is 9.22. The Bertz CT molecular complexity index is 2690. The van der Waals surface area contributed by atoms with E-state index in [-0.39, 0.29) is 0 Å². The predicted octanol–water partition coefficient (Wildman–Crippen LogP) is 11.4. The molecule has 0 aliphatic heterocycles. The molecule has 0 N–H and O–H groups in total. The van der Waals surface area contributed by atoms with E-state index in [0.29, 0.717) is 0 Å². The maximum absolute atomic E-state index is 6.47. The van der Waals surface area contributed by atoms with E-state index < -0.39 is 0 Å². The molecule has 0 fully saturated rings. The van der Waals surface area contributed by atoms with Crippen molar-refractivity contribution in [1.82, 2.24) is 9.13 Å². The molecule has 0 aliphatic carbocycles. The van der Waals surface area contributed by atoms with Gasteiger partial charge in [-0.2, -0.15) is 0 Å². The number of hydrogen-bond acceptors (Lipinski definition) is 1. The van der Waals surface area contributed by atoms with Crippen molar-refractivity contribution in [2.45, 2.75) is 0 Å². The Labute approximate surface area is 258 Å². The van der Waals surface area contributed by atoms with Crippen LogP contribution in [0.1, 0.15) is 0 Å². The largest absolute Gasteiger partial charge is 0.455 e. The molecule has 0 atom stereocenters. The smallest absolute Gasteiger partial charge is 0.145 e. The fraction of sp³-hybridized carbons (Fsp3) is 0. The lowest BCUT2D eigenvalue weighted by Crippen LogP contribution is -1.94. The Hall–Kier alpha value is -6.06. The van der Waals surface area contributed by atoms with Gasteiger partial charge in [-0.05, 0) is 71.8 Å². The van der Waals surface area contributed by atoms with Crippen LogP contribution in [-0.2, 0) is 0 Å². The quantitative estimate of drug-likeness (QED) is 0.206. The summed E-state index contributed by atoms with van der Waals surface area (Å²) in [4.78, 5) is 0. The van der Waals surface area contributed by atoms with Crippen molar-refractivity contribution < 1.29 is 4.42 Å². The summed E-state index contributed by atoms with van der Waals surface area (Å²) in [5.74, 6) is 0. The molecule has 3 aromatic heterocycles. The van der Waals surface area contributed by atoms with Crippen LogP contribution in [0.25, 0.3) is 88.1 Å². The SMILES string of the molecule is c1ccc2c(c1)oc1c2ccc2c1c1ccccc1n2-c1ccc(-c2ccc(-n3c4ccccc4c4ccccc43)cc2)cc1. The van der Waals surface area contributed by atoms with Gasteiger partial charge < -0.3 is 13.6 Å². The molecule has 210 valence electrons. The van der Waals surface area contributed by atoms with Gasteiger partial charge in [0.05, 0.1) is 27.5 Å². The number of nitrogens with zero attached hydrogens (tertiary/aromatic N) is 2. The molecule has 3 heteroatoms. The first kappa shape index (κ1) is 24.4. The Morgan fingerprint density at radius 1 is 0.333 bits per heavy atom. The Balaban J connectivity index is 1.08. The van der Waals surface area contributed by atoms with E-state index in [1.807, 2.05) is 6.07 Å². The van der Waals surface area contributed by atoms with E-state index in [2.05, 4.69) is 161 Å². The Morgan fingerprint density at radius 2 is 0.800 bits per heavy atom. The predicted molar refractivity (Wildman–Crippen MR) is 188 cm³/mol. The van der Waals surface area contributed by atoms with Crippen molar-refractivity contribution in [1.29, 1.82) is 0 Å². The molecule has 10 rings (SSSR count). The van der Waals surface area contributed by atoms with Gasteiger partial charge >= 0.3 is 0 Å². The van der Waals surface area contributed by atoms with Crippen molar-refractivity contribution in [3.63, 3.8) is 0 Å². The van der Waals surface area contributed by atoms with Crippen molar-refractivity contribution >= 4 is 65.6 Å². The molecular weight excluding hydrogens is 548 g/mol. The topological polar surface area (TPSA) is 23.0 Å². The minimum atomic E-state index is 0.922. The fourth-order valence-electron chi connectivity index (χ4n) is 7.32. The fourth-order valence-corrected chi connectivity index (χ4v) is 7.32. The number of fused-ring (bicyclic) bond motifs is 10. The third-order valence-corrected chi connectivity index (χ3v) is 9.34. The summed E-state index contributed by atoms with van der Waals surface area (Å²) in [6, 6.07) is 56.5. The molecule has 0 radical (unpaired) electrons. The number of furan rings is 1. The highest BCUT2D eigenvalue weighted by atomic mass is 16.3. The van der Waals surface area contributed by atoms with E-state index in [1.54, 1.807) is 0 Å². The molecule has 0 saturated heterocycles. The van der Waals surface area contributed by atoms with Crippen LogP contribution >= 0.6 is 0 Å². The lowest BCUT2D eigenvalue weighted by Gasteiger charge is -2.11.